The van der Waals surface area contributed by atoms with Crippen LogP contribution < -0.4 is 0 Å². The summed E-state index contributed by atoms with van der Waals surface area (Å²) in [5.74, 6) is 0.195. The van der Waals surface area contributed by atoms with Crippen LogP contribution in [-0.4, -0.2) is 34.5 Å². The summed E-state index contributed by atoms with van der Waals surface area (Å²) >= 11 is 0. The molecule has 0 aliphatic carbocycles. The average molecular weight is 339 g/mol. The lowest BCUT2D eigenvalue weighted by atomic mass is 10.1. The molecule has 5 nitrogen and oxygen atoms in total. The topological polar surface area (TPSA) is 59.2 Å². The summed E-state index contributed by atoms with van der Waals surface area (Å²) in [4.78, 5) is 18.0. The molecular weight excluding hydrogens is 321 g/mol. The second-order valence-corrected chi connectivity index (χ2v) is 5.72. The van der Waals surface area contributed by atoms with Gasteiger partial charge in [-0.2, -0.15) is 4.98 Å². The lowest BCUT2D eigenvalue weighted by molar-refractivity contribution is -0.129. The smallest absolute Gasteiger partial charge is 0.260 e. The highest BCUT2D eigenvalue weighted by atomic mass is 19.1. The molecule has 0 radical (unpaired) electrons. The number of carbonyl (C=O) groups excluding carboxylic acids is 1. The second-order valence-electron chi connectivity index (χ2n) is 5.72. The van der Waals surface area contributed by atoms with E-state index in [1.54, 1.807) is 30.1 Å². The van der Waals surface area contributed by atoms with Crippen molar-refractivity contribution >= 4 is 5.91 Å². The zero-order valence-electron chi connectivity index (χ0n) is 13.9. The SMILES string of the molecule is CN(CCc1noc(-c2ccccc2F)n1)C(=O)Cc1ccccc1. The molecule has 2 aromatic carbocycles. The summed E-state index contributed by atoms with van der Waals surface area (Å²) in [6, 6.07) is 15.8. The first-order chi connectivity index (χ1) is 12.1. The third kappa shape index (κ3) is 4.29. The van der Waals surface area contributed by atoms with E-state index in [1.807, 2.05) is 30.3 Å². The molecule has 6 heteroatoms. The summed E-state index contributed by atoms with van der Waals surface area (Å²) < 4.78 is 18.8. The Bertz CT molecular complexity index is 849. The minimum atomic E-state index is -0.409. The van der Waals surface area contributed by atoms with Crippen LogP contribution in [0.2, 0.25) is 0 Å². The number of likely N-dealkylation sites (N-methyl/N-ethyl adjacent to an activating group) is 1. The maximum atomic E-state index is 13.7. The van der Waals surface area contributed by atoms with Crippen LogP contribution in [0.4, 0.5) is 4.39 Å². The zero-order valence-corrected chi connectivity index (χ0v) is 13.9. The number of hydrogen-bond donors (Lipinski definition) is 0. The van der Waals surface area contributed by atoms with Crippen LogP contribution in [0.1, 0.15) is 11.4 Å². The van der Waals surface area contributed by atoms with Gasteiger partial charge in [0.05, 0.1) is 12.0 Å². The molecule has 0 spiro atoms. The van der Waals surface area contributed by atoms with Crippen LogP contribution in [0, 0.1) is 5.82 Å². The predicted octanol–water partition coefficient (Wildman–Crippen LogP) is 3.12. The molecule has 0 atom stereocenters. The van der Waals surface area contributed by atoms with E-state index in [9.17, 15) is 9.18 Å². The summed E-state index contributed by atoms with van der Waals surface area (Å²) in [7, 11) is 1.74. The van der Waals surface area contributed by atoms with E-state index in [4.69, 9.17) is 4.52 Å². The molecular formula is C19H18FN3O2. The zero-order chi connectivity index (χ0) is 17.6. The Balaban J connectivity index is 1.57. The van der Waals surface area contributed by atoms with Gasteiger partial charge in [-0.15, -0.1) is 0 Å². The molecule has 128 valence electrons. The second kappa shape index (κ2) is 7.70. The highest BCUT2D eigenvalue weighted by molar-refractivity contribution is 5.78. The van der Waals surface area contributed by atoms with E-state index < -0.39 is 5.82 Å². The Morgan fingerprint density at radius 1 is 1.12 bits per heavy atom. The van der Waals surface area contributed by atoms with Gasteiger partial charge in [0, 0.05) is 20.0 Å². The minimum absolute atomic E-state index is 0.0176. The van der Waals surface area contributed by atoms with Gasteiger partial charge in [0.2, 0.25) is 5.91 Å². The molecule has 1 amide bonds. The number of amides is 1. The quantitative estimate of drug-likeness (QED) is 0.692. The molecule has 3 aromatic rings. The lowest BCUT2D eigenvalue weighted by Gasteiger charge is -2.16. The lowest BCUT2D eigenvalue weighted by Crippen LogP contribution is -2.30. The molecule has 1 heterocycles. The first-order valence-electron chi connectivity index (χ1n) is 7.99. The molecule has 3 rings (SSSR count). The van der Waals surface area contributed by atoms with E-state index in [2.05, 4.69) is 10.1 Å². The maximum Gasteiger partial charge on any atom is 0.260 e. The first kappa shape index (κ1) is 16.8. The van der Waals surface area contributed by atoms with Crippen molar-refractivity contribution < 1.29 is 13.7 Å². The number of hydrogen-bond acceptors (Lipinski definition) is 4. The average Bonchev–Trinajstić information content (AvgIpc) is 3.09. The van der Waals surface area contributed by atoms with Crippen LogP contribution in [0.25, 0.3) is 11.5 Å². The summed E-state index contributed by atoms with van der Waals surface area (Å²) in [5, 5.41) is 3.86. The van der Waals surface area contributed by atoms with Gasteiger partial charge in [-0.3, -0.25) is 4.79 Å². The van der Waals surface area contributed by atoms with Crippen molar-refractivity contribution in [1.29, 1.82) is 0 Å². The molecule has 1 aromatic heterocycles. The van der Waals surface area contributed by atoms with Gasteiger partial charge in [0.25, 0.3) is 5.89 Å². The molecule has 0 N–H and O–H groups in total. The van der Waals surface area contributed by atoms with Gasteiger partial charge in [-0.25, -0.2) is 4.39 Å². The van der Waals surface area contributed by atoms with Crippen molar-refractivity contribution in [2.75, 3.05) is 13.6 Å². The number of carbonyl (C=O) groups is 1. The van der Waals surface area contributed by atoms with Crippen molar-refractivity contribution in [1.82, 2.24) is 15.0 Å². The van der Waals surface area contributed by atoms with E-state index >= 15 is 0 Å². The predicted molar refractivity (Wildman–Crippen MR) is 91.2 cm³/mol. The van der Waals surface area contributed by atoms with Crippen molar-refractivity contribution in [2.45, 2.75) is 12.8 Å². The highest BCUT2D eigenvalue weighted by Crippen LogP contribution is 2.20. The molecule has 0 saturated heterocycles. The monoisotopic (exact) mass is 339 g/mol. The van der Waals surface area contributed by atoms with Gasteiger partial charge in [0.15, 0.2) is 5.82 Å². The fraction of sp³-hybridized carbons (Fsp3) is 0.211. The van der Waals surface area contributed by atoms with Crippen molar-refractivity contribution in [3.05, 3.63) is 71.8 Å². The normalized spacial score (nSPS) is 10.6. The Labute approximate surface area is 145 Å². The number of rotatable bonds is 6. The van der Waals surface area contributed by atoms with Gasteiger partial charge in [-0.1, -0.05) is 47.6 Å². The molecule has 0 unspecified atom stereocenters. The van der Waals surface area contributed by atoms with Crippen LogP contribution in [0.3, 0.4) is 0 Å². The fourth-order valence-corrected chi connectivity index (χ4v) is 2.40. The van der Waals surface area contributed by atoms with E-state index in [1.165, 1.54) is 6.07 Å². The maximum absolute atomic E-state index is 13.7. The highest BCUT2D eigenvalue weighted by Gasteiger charge is 2.14. The molecule has 0 saturated carbocycles. The number of aromatic nitrogens is 2. The van der Waals surface area contributed by atoms with Crippen molar-refractivity contribution in [3.8, 4) is 11.5 Å². The van der Waals surface area contributed by atoms with Gasteiger partial charge in [-0.05, 0) is 17.7 Å². The minimum Gasteiger partial charge on any atom is -0.345 e. The standard InChI is InChI=1S/C19H18FN3O2/c1-23(18(24)13-14-7-3-2-4-8-14)12-11-17-21-19(25-22-17)15-9-5-6-10-16(15)20/h2-10H,11-13H2,1H3. The summed E-state index contributed by atoms with van der Waals surface area (Å²) in [6.45, 7) is 0.460. The third-order valence-electron chi connectivity index (χ3n) is 3.87. The largest absolute Gasteiger partial charge is 0.345 e. The summed E-state index contributed by atoms with van der Waals surface area (Å²) in [5.41, 5.74) is 1.25. The Kier molecular flexibility index (Phi) is 5.18. The molecule has 25 heavy (non-hydrogen) atoms. The Hall–Kier alpha value is -3.02. The van der Waals surface area contributed by atoms with Gasteiger partial charge in [0.1, 0.15) is 5.82 Å². The fourth-order valence-electron chi connectivity index (χ4n) is 2.40. The van der Waals surface area contributed by atoms with Crippen molar-refractivity contribution in [2.24, 2.45) is 0 Å². The van der Waals surface area contributed by atoms with E-state index in [-0.39, 0.29) is 17.4 Å². The van der Waals surface area contributed by atoms with Crippen LogP contribution >= 0.6 is 0 Å². The van der Waals surface area contributed by atoms with Gasteiger partial charge >= 0.3 is 0 Å². The number of benzene rings is 2. The summed E-state index contributed by atoms with van der Waals surface area (Å²) in [6.07, 6.45) is 0.791. The van der Waals surface area contributed by atoms with E-state index in [0.717, 1.165) is 5.56 Å². The van der Waals surface area contributed by atoms with Gasteiger partial charge < -0.3 is 9.42 Å². The number of halogens is 1. The van der Waals surface area contributed by atoms with Crippen molar-refractivity contribution in [3.63, 3.8) is 0 Å². The van der Waals surface area contributed by atoms with Crippen LogP contribution in [-0.2, 0) is 17.6 Å². The first-order valence-corrected chi connectivity index (χ1v) is 7.99. The molecule has 0 aliphatic heterocycles. The van der Waals surface area contributed by atoms with E-state index in [0.29, 0.717) is 25.2 Å². The Morgan fingerprint density at radius 2 is 1.84 bits per heavy atom. The Morgan fingerprint density at radius 3 is 2.60 bits per heavy atom. The third-order valence-corrected chi connectivity index (χ3v) is 3.87. The molecule has 0 fully saturated rings. The molecule has 0 aliphatic rings. The number of nitrogens with zero attached hydrogens (tertiary/aromatic N) is 3. The van der Waals surface area contributed by atoms with Crippen LogP contribution in [0.15, 0.2) is 59.1 Å². The van der Waals surface area contributed by atoms with Crippen LogP contribution in [0.5, 0.6) is 0 Å². The molecule has 0 bridgehead atoms.